The highest BCUT2D eigenvalue weighted by Crippen LogP contribution is 2.27. The first-order valence-electron chi connectivity index (χ1n) is 4.38. The van der Waals surface area contributed by atoms with Crippen LogP contribution in [-0.4, -0.2) is 12.6 Å². The van der Waals surface area contributed by atoms with E-state index >= 15 is 0 Å². The Morgan fingerprint density at radius 3 is 2.54 bits per heavy atom. The fourth-order valence-corrected chi connectivity index (χ4v) is 1.56. The Kier molecular flexibility index (Phi) is 2.29. The molecule has 70 valence electrons. The number of hydrogen-bond acceptors (Lipinski definition) is 2. The molecule has 1 fully saturated rings. The zero-order valence-corrected chi connectivity index (χ0v) is 7.24. The first-order valence-corrected chi connectivity index (χ1v) is 4.38. The molecule has 1 aliphatic heterocycles. The van der Waals surface area contributed by atoms with Crippen molar-refractivity contribution in [2.45, 2.75) is 18.6 Å². The Labute approximate surface area is 76.5 Å². The molecule has 2 unspecified atom stereocenters. The third-order valence-electron chi connectivity index (χ3n) is 2.27. The van der Waals surface area contributed by atoms with E-state index in [1.807, 2.05) is 0 Å². The van der Waals surface area contributed by atoms with Crippen molar-refractivity contribution in [1.29, 1.82) is 0 Å². The fraction of sp³-hybridized carbons (Fsp3) is 0.400. The SMILES string of the molecule is NC1COC(c2ccc(F)cc2)C1. The molecule has 0 radical (unpaired) electrons. The van der Waals surface area contributed by atoms with Gasteiger partial charge in [0.2, 0.25) is 0 Å². The van der Waals surface area contributed by atoms with Crippen LogP contribution in [0.25, 0.3) is 0 Å². The summed E-state index contributed by atoms with van der Waals surface area (Å²) in [5, 5.41) is 0. The van der Waals surface area contributed by atoms with Crippen molar-refractivity contribution in [3.63, 3.8) is 0 Å². The zero-order chi connectivity index (χ0) is 9.26. The second-order valence-corrected chi connectivity index (χ2v) is 3.37. The molecule has 1 heterocycles. The molecule has 1 aromatic carbocycles. The number of halogens is 1. The quantitative estimate of drug-likeness (QED) is 0.714. The summed E-state index contributed by atoms with van der Waals surface area (Å²) in [6.45, 7) is 0.599. The number of ether oxygens (including phenoxy) is 1. The van der Waals surface area contributed by atoms with Crippen molar-refractivity contribution in [3.8, 4) is 0 Å². The van der Waals surface area contributed by atoms with Crippen LogP contribution in [-0.2, 0) is 4.74 Å². The van der Waals surface area contributed by atoms with Crippen molar-refractivity contribution in [2.75, 3.05) is 6.61 Å². The van der Waals surface area contributed by atoms with Gasteiger partial charge in [0.05, 0.1) is 12.7 Å². The Morgan fingerprint density at radius 2 is 2.00 bits per heavy atom. The molecule has 0 saturated carbocycles. The summed E-state index contributed by atoms with van der Waals surface area (Å²) >= 11 is 0. The highest BCUT2D eigenvalue weighted by Gasteiger charge is 2.23. The van der Waals surface area contributed by atoms with E-state index in [1.54, 1.807) is 12.1 Å². The normalized spacial score (nSPS) is 27.8. The molecule has 2 rings (SSSR count). The van der Waals surface area contributed by atoms with Gasteiger partial charge in [-0.2, -0.15) is 0 Å². The Hall–Kier alpha value is -0.930. The van der Waals surface area contributed by atoms with Crippen molar-refractivity contribution in [3.05, 3.63) is 35.6 Å². The molecule has 13 heavy (non-hydrogen) atoms. The molecule has 1 aliphatic rings. The van der Waals surface area contributed by atoms with Crippen molar-refractivity contribution >= 4 is 0 Å². The summed E-state index contributed by atoms with van der Waals surface area (Å²) in [6.07, 6.45) is 0.877. The van der Waals surface area contributed by atoms with Crippen LogP contribution in [0.3, 0.4) is 0 Å². The molecule has 2 atom stereocenters. The van der Waals surface area contributed by atoms with Crippen LogP contribution in [0.4, 0.5) is 4.39 Å². The lowest BCUT2D eigenvalue weighted by Gasteiger charge is -2.08. The lowest BCUT2D eigenvalue weighted by atomic mass is 10.1. The van der Waals surface area contributed by atoms with E-state index in [4.69, 9.17) is 10.5 Å². The van der Waals surface area contributed by atoms with Crippen LogP contribution in [0.2, 0.25) is 0 Å². The largest absolute Gasteiger partial charge is 0.372 e. The summed E-state index contributed by atoms with van der Waals surface area (Å²) in [7, 11) is 0. The lowest BCUT2D eigenvalue weighted by molar-refractivity contribution is 0.110. The number of nitrogens with two attached hydrogens (primary N) is 1. The van der Waals surface area contributed by atoms with Crippen LogP contribution in [0.1, 0.15) is 18.1 Å². The minimum atomic E-state index is -0.217. The van der Waals surface area contributed by atoms with Crippen molar-refractivity contribution < 1.29 is 9.13 Å². The number of hydrogen-bond donors (Lipinski definition) is 1. The molecule has 0 bridgehead atoms. The molecule has 3 heteroatoms. The average Bonchev–Trinajstić information content (AvgIpc) is 2.53. The molecule has 2 N–H and O–H groups in total. The summed E-state index contributed by atoms with van der Waals surface area (Å²) in [6, 6.07) is 6.51. The van der Waals surface area contributed by atoms with Crippen molar-refractivity contribution in [2.24, 2.45) is 5.73 Å². The third kappa shape index (κ3) is 1.87. The van der Waals surface area contributed by atoms with E-state index in [9.17, 15) is 4.39 Å². The molecule has 0 aliphatic carbocycles. The average molecular weight is 181 g/mol. The maximum absolute atomic E-state index is 12.6. The van der Waals surface area contributed by atoms with Gasteiger partial charge in [-0.15, -0.1) is 0 Å². The highest BCUT2D eigenvalue weighted by atomic mass is 19.1. The summed E-state index contributed by atoms with van der Waals surface area (Å²) in [4.78, 5) is 0. The van der Waals surface area contributed by atoms with Crippen LogP contribution >= 0.6 is 0 Å². The monoisotopic (exact) mass is 181 g/mol. The lowest BCUT2D eigenvalue weighted by Crippen LogP contribution is -2.18. The molecule has 1 aromatic rings. The van der Waals surface area contributed by atoms with Crippen LogP contribution in [0.5, 0.6) is 0 Å². The van der Waals surface area contributed by atoms with E-state index in [-0.39, 0.29) is 18.0 Å². The molecular formula is C10H12FNO. The molecule has 0 aromatic heterocycles. The molecule has 1 saturated heterocycles. The summed E-state index contributed by atoms with van der Waals surface area (Å²) in [5.74, 6) is -0.217. The van der Waals surface area contributed by atoms with Gasteiger partial charge in [0.25, 0.3) is 0 Å². The van der Waals surface area contributed by atoms with E-state index in [0.29, 0.717) is 6.61 Å². The van der Waals surface area contributed by atoms with Gasteiger partial charge in [0, 0.05) is 6.04 Å². The van der Waals surface area contributed by atoms with E-state index in [2.05, 4.69) is 0 Å². The Morgan fingerprint density at radius 1 is 1.31 bits per heavy atom. The smallest absolute Gasteiger partial charge is 0.123 e. The van der Waals surface area contributed by atoms with Crippen LogP contribution in [0.15, 0.2) is 24.3 Å². The second kappa shape index (κ2) is 3.44. The molecule has 0 spiro atoms. The van der Waals surface area contributed by atoms with Gasteiger partial charge in [0.1, 0.15) is 5.82 Å². The van der Waals surface area contributed by atoms with Crippen LogP contribution in [0, 0.1) is 5.82 Å². The Bertz CT molecular complexity index is 285. The van der Waals surface area contributed by atoms with Gasteiger partial charge < -0.3 is 10.5 Å². The number of benzene rings is 1. The predicted octanol–water partition coefficient (Wildman–Crippen LogP) is 1.61. The van der Waals surface area contributed by atoms with Gasteiger partial charge in [-0.3, -0.25) is 0 Å². The van der Waals surface area contributed by atoms with Gasteiger partial charge in [-0.1, -0.05) is 12.1 Å². The van der Waals surface area contributed by atoms with Gasteiger partial charge in [0.15, 0.2) is 0 Å². The van der Waals surface area contributed by atoms with Gasteiger partial charge in [-0.05, 0) is 24.1 Å². The number of rotatable bonds is 1. The molecule has 2 nitrogen and oxygen atoms in total. The third-order valence-corrected chi connectivity index (χ3v) is 2.27. The van der Waals surface area contributed by atoms with E-state index in [0.717, 1.165) is 12.0 Å². The fourth-order valence-electron chi connectivity index (χ4n) is 1.56. The minimum Gasteiger partial charge on any atom is -0.372 e. The van der Waals surface area contributed by atoms with E-state index in [1.165, 1.54) is 12.1 Å². The minimum absolute atomic E-state index is 0.0515. The second-order valence-electron chi connectivity index (χ2n) is 3.37. The first-order chi connectivity index (χ1) is 6.25. The standard InChI is InChI=1S/C10H12FNO/c11-8-3-1-7(2-4-8)10-5-9(12)6-13-10/h1-4,9-10H,5-6,12H2. The summed E-state index contributed by atoms with van der Waals surface area (Å²) < 4.78 is 18.0. The van der Waals surface area contributed by atoms with Gasteiger partial charge >= 0.3 is 0 Å². The predicted molar refractivity (Wildman–Crippen MR) is 47.7 cm³/mol. The van der Waals surface area contributed by atoms with Gasteiger partial charge in [-0.25, -0.2) is 4.39 Å². The maximum atomic E-state index is 12.6. The summed E-state index contributed by atoms with van der Waals surface area (Å²) in [5.41, 5.74) is 6.70. The molecule has 0 amide bonds. The van der Waals surface area contributed by atoms with E-state index < -0.39 is 0 Å². The topological polar surface area (TPSA) is 35.2 Å². The first kappa shape index (κ1) is 8.66. The van der Waals surface area contributed by atoms with Crippen LogP contribution < -0.4 is 5.73 Å². The maximum Gasteiger partial charge on any atom is 0.123 e. The zero-order valence-electron chi connectivity index (χ0n) is 7.24. The highest BCUT2D eigenvalue weighted by molar-refractivity contribution is 5.19. The molecular weight excluding hydrogens is 169 g/mol. The van der Waals surface area contributed by atoms with Crippen molar-refractivity contribution in [1.82, 2.24) is 0 Å². The Balaban J connectivity index is 2.13.